The first-order valence-electron chi connectivity index (χ1n) is 7.89. The van der Waals surface area contributed by atoms with Crippen molar-refractivity contribution < 1.29 is 9.90 Å². The number of hydrogen-bond acceptors (Lipinski definition) is 3. The number of fused-ring (bicyclic) bond motifs is 1. The molecule has 1 heterocycles. The number of benzene rings is 2. The first-order chi connectivity index (χ1) is 11.7. The number of amides is 1. The van der Waals surface area contributed by atoms with E-state index in [1.165, 1.54) is 6.08 Å². The van der Waals surface area contributed by atoms with Crippen molar-refractivity contribution in [1.29, 1.82) is 0 Å². The summed E-state index contributed by atoms with van der Waals surface area (Å²) in [4.78, 5) is 12.8. The highest BCUT2D eigenvalue weighted by atomic mass is 32.1. The molecule has 0 saturated heterocycles. The fourth-order valence-corrected chi connectivity index (χ4v) is 3.25. The molecule has 24 heavy (non-hydrogen) atoms. The summed E-state index contributed by atoms with van der Waals surface area (Å²) in [5.41, 5.74) is 0.900. The van der Waals surface area contributed by atoms with Gasteiger partial charge in [-0.15, -0.1) is 11.3 Å². The molecule has 0 bridgehead atoms. The van der Waals surface area contributed by atoms with Crippen molar-refractivity contribution in [2.45, 2.75) is 12.5 Å². The second kappa shape index (κ2) is 7.90. The summed E-state index contributed by atoms with van der Waals surface area (Å²) in [5, 5.41) is 17.4. The largest absolute Gasteiger partial charge is 0.388 e. The Labute approximate surface area is 145 Å². The van der Waals surface area contributed by atoms with Gasteiger partial charge in [-0.05, 0) is 40.3 Å². The summed E-state index contributed by atoms with van der Waals surface area (Å²) in [6.07, 6.45) is 3.20. The van der Waals surface area contributed by atoms with Gasteiger partial charge in [-0.3, -0.25) is 4.79 Å². The number of aliphatic hydroxyl groups is 1. The van der Waals surface area contributed by atoms with Crippen LogP contribution in [0.1, 0.15) is 23.0 Å². The molecule has 0 fully saturated rings. The van der Waals surface area contributed by atoms with Crippen LogP contribution in [0.3, 0.4) is 0 Å². The summed E-state index contributed by atoms with van der Waals surface area (Å²) in [7, 11) is 0. The van der Waals surface area contributed by atoms with Gasteiger partial charge in [-0.1, -0.05) is 48.5 Å². The molecule has 0 aliphatic rings. The normalized spacial score (nSPS) is 12.5. The Morgan fingerprint density at radius 3 is 2.79 bits per heavy atom. The van der Waals surface area contributed by atoms with E-state index < -0.39 is 6.10 Å². The van der Waals surface area contributed by atoms with E-state index in [9.17, 15) is 9.90 Å². The molecule has 1 amide bonds. The SMILES string of the molecule is O=C(/C=C/c1cccs1)NCC[C@H](O)c1cccc2ccccc12. The van der Waals surface area contributed by atoms with E-state index in [1.54, 1.807) is 17.4 Å². The lowest BCUT2D eigenvalue weighted by molar-refractivity contribution is -0.116. The van der Waals surface area contributed by atoms with Crippen LogP contribution in [-0.4, -0.2) is 17.6 Å². The monoisotopic (exact) mass is 337 g/mol. The van der Waals surface area contributed by atoms with Crippen molar-refractivity contribution in [2.24, 2.45) is 0 Å². The molecular weight excluding hydrogens is 318 g/mol. The number of nitrogens with one attached hydrogen (secondary N) is 1. The topological polar surface area (TPSA) is 49.3 Å². The van der Waals surface area contributed by atoms with Crippen LogP contribution in [0, 0.1) is 0 Å². The van der Waals surface area contributed by atoms with Crippen molar-refractivity contribution in [3.8, 4) is 0 Å². The molecule has 3 nitrogen and oxygen atoms in total. The predicted octanol–water partition coefficient (Wildman–Crippen LogP) is 4.15. The van der Waals surface area contributed by atoms with E-state index in [4.69, 9.17) is 0 Å². The first-order valence-corrected chi connectivity index (χ1v) is 8.77. The third kappa shape index (κ3) is 4.10. The maximum atomic E-state index is 11.8. The van der Waals surface area contributed by atoms with Crippen LogP contribution in [0.5, 0.6) is 0 Å². The van der Waals surface area contributed by atoms with Gasteiger partial charge >= 0.3 is 0 Å². The minimum Gasteiger partial charge on any atom is -0.388 e. The van der Waals surface area contributed by atoms with E-state index in [2.05, 4.69) is 5.32 Å². The molecule has 2 aromatic carbocycles. The summed E-state index contributed by atoms with van der Waals surface area (Å²) < 4.78 is 0. The summed E-state index contributed by atoms with van der Waals surface area (Å²) in [6, 6.07) is 17.8. The van der Waals surface area contributed by atoms with Gasteiger partial charge in [0.2, 0.25) is 5.91 Å². The standard InChI is InChI=1S/C20H19NO2S/c22-19(18-9-3-6-15-5-1-2-8-17(15)18)12-13-21-20(23)11-10-16-7-4-14-24-16/h1-11,14,19,22H,12-13H2,(H,21,23)/b11-10+/t19-/m0/s1. The molecule has 0 aliphatic heterocycles. The summed E-state index contributed by atoms with van der Waals surface area (Å²) in [5.74, 6) is -0.145. The Balaban J connectivity index is 1.55. The van der Waals surface area contributed by atoms with Gasteiger partial charge in [0.05, 0.1) is 6.10 Å². The van der Waals surface area contributed by atoms with Crippen LogP contribution in [0.2, 0.25) is 0 Å². The summed E-state index contributed by atoms with van der Waals surface area (Å²) >= 11 is 1.59. The van der Waals surface area contributed by atoms with Crippen molar-refractivity contribution in [2.75, 3.05) is 6.54 Å². The lowest BCUT2D eigenvalue weighted by atomic mass is 9.99. The van der Waals surface area contributed by atoms with E-state index in [1.807, 2.05) is 60.0 Å². The second-order valence-electron chi connectivity index (χ2n) is 5.51. The van der Waals surface area contributed by atoms with Crippen LogP contribution in [0.15, 0.2) is 66.1 Å². The molecular formula is C20H19NO2S. The molecule has 3 rings (SSSR count). The van der Waals surface area contributed by atoms with Crippen LogP contribution >= 0.6 is 11.3 Å². The molecule has 2 N–H and O–H groups in total. The van der Waals surface area contributed by atoms with Gasteiger partial charge in [0.25, 0.3) is 0 Å². The smallest absolute Gasteiger partial charge is 0.244 e. The van der Waals surface area contributed by atoms with Crippen LogP contribution < -0.4 is 5.32 Å². The average molecular weight is 337 g/mol. The minimum atomic E-state index is -0.599. The van der Waals surface area contributed by atoms with Crippen molar-refractivity contribution in [3.05, 3.63) is 76.5 Å². The fourth-order valence-electron chi connectivity index (χ4n) is 2.63. The zero-order valence-electron chi connectivity index (χ0n) is 13.2. The van der Waals surface area contributed by atoms with E-state index in [0.717, 1.165) is 21.2 Å². The van der Waals surface area contributed by atoms with E-state index in [-0.39, 0.29) is 5.91 Å². The Morgan fingerprint density at radius 2 is 1.96 bits per heavy atom. The average Bonchev–Trinajstić information content (AvgIpc) is 3.13. The molecule has 0 saturated carbocycles. The quantitative estimate of drug-likeness (QED) is 0.664. The molecule has 1 atom stereocenters. The highest BCUT2D eigenvalue weighted by Gasteiger charge is 2.11. The molecule has 0 spiro atoms. The minimum absolute atomic E-state index is 0.145. The van der Waals surface area contributed by atoms with Gasteiger partial charge < -0.3 is 10.4 Å². The number of carbonyl (C=O) groups excluding carboxylic acids is 1. The van der Waals surface area contributed by atoms with Crippen molar-refractivity contribution in [1.82, 2.24) is 5.32 Å². The zero-order valence-corrected chi connectivity index (χ0v) is 14.0. The molecule has 0 aliphatic carbocycles. The first kappa shape index (κ1) is 16.4. The van der Waals surface area contributed by atoms with Gasteiger partial charge in [0.1, 0.15) is 0 Å². The Kier molecular flexibility index (Phi) is 5.41. The Bertz CT molecular complexity index is 834. The predicted molar refractivity (Wildman–Crippen MR) is 99.9 cm³/mol. The third-order valence-corrected chi connectivity index (χ3v) is 4.68. The molecule has 0 radical (unpaired) electrons. The lowest BCUT2D eigenvalue weighted by Crippen LogP contribution is -2.23. The maximum absolute atomic E-state index is 11.8. The number of hydrogen-bond donors (Lipinski definition) is 2. The third-order valence-electron chi connectivity index (χ3n) is 3.84. The lowest BCUT2D eigenvalue weighted by Gasteiger charge is -2.14. The van der Waals surface area contributed by atoms with E-state index >= 15 is 0 Å². The number of thiophene rings is 1. The molecule has 4 heteroatoms. The summed E-state index contributed by atoms with van der Waals surface area (Å²) in [6.45, 7) is 0.429. The molecule has 3 aromatic rings. The maximum Gasteiger partial charge on any atom is 0.244 e. The number of carbonyl (C=O) groups is 1. The fraction of sp³-hybridized carbons (Fsp3) is 0.150. The van der Waals surface area contributed by atoms with Crippen LogP contribution in [0.4, 0.5) is 0 Å². The van der Waals surface area contributed by atoms with Gasteiger partial charge in [-0.2, -0.15) is 0 Å². The molecule has 0 unspecified atom stereocenters. The van der Waals surface area contributed by atoms with Gasteiger partial charge in [0.15, 0.2) is 0 Å². The van der Waals surface area contributed by atoms with Crippen LogP contribution in [-0.2, 0) is 4.79 Å². The van der Waals surface area contributed by atoms with Crippen LogP contribution in [0.25, 0.3) is 16.8 Å². The Morgan fingerprint density at radius 1 is 1.12 bits per heavy atom. The highest BCUT2D eigenvalue weighted by Crippen LogP contribution is 2.25. The molecule has 1 aromatic heterocycles. The van der Waals surface area contributed by atoms with Crippen molar-refractivity contribution >= 4 is 34.1 Å². The highest BCUT2D eigenvalue weighted by molar-refractivity contribution is 7.10. The molecule has 122 valence electrons. The van der Waals surface area contributed by atoms with Gasteiger partial charge in [0, 0.05) is 17.5 Å². The number of aliphatic hydroxyl groups excluding tert-OH is 1. The van der Waals surface area contributed by atoms with Gasteiger partial charge in [-0.25, -0.2) is 0 Å². The second-order valence-corrected chi connectivity index (χ2v) is 6.49. The number of rotatable bonds is 6. The van der Waals surface area contributed by atoms with Crippen molar-refractivity contribution in [3.63, 3.8) is 0 Å². The zero-order chi connectivity index (χ0) is 16.8. The van der Waals surface area contributed by atoms with E-state index in [0.29, 0.717) is 13.0 Å². The Hall–Kier alpha value is -2.43.